The lowest BCUT2D eigenvalue weighted by atomic mass is 9.96. The van der Waals surface area contributed by atoms with Crippen molar-refractivity contribution in [2.24, 2.45) is 18.7 Å². The Morgan fingerprint density at radius 1 is 1.50 bits per heavy atom. The van der Waals surface area contributed by atoms with Gasteiger partial charge in [-0.2, -0.15) is 5.10 Å². The number of likely N-dealkylation sites (tertiary alicyclic amines) is 1. The van der Waals surface area contributed by atoms with Gasteiger partial charge < -0.3 is 10.6 Å². The second kappa shape index (κ2) is 5.06. The van der Waals surface area contributed by atoms with Gasteiger partial charge in [-0.3, -0.25) is 9.48 Å². The predicted molar refractivity (Wildman–Crippen MR) is 73.4 cm³/mol. The van der Waals surface area contributed by atoms with Crippen molar-refractivity contribution < 1.29 is 4.79 Å². The molecule has 2 heterocycles. The van der Waals surface area contributed by atoms with E-state index in [4.69, 9.17) is 18.0 Å². The molecule has 2 rings (SSSR count). The van der Waals surface area contributed by atoms with Crippen LogP contribution in [0, 0.1) is 12.8 Å². The zero-order chi connectivity index (χ0) is 13.3. The quantitative estimate of drug-likeness (QED) is 0.807. The molecule has 0 unspecified atom stereocenters. The SMILES string of the molecule is Cc1nn(C)cc1C(=O)N1CCC(C(N)=S)CC1. The fourth-order valence-corrected chi connectivity index (χ4v) is 2.58. The molecule has 0 bridgehead atoms. The lowest BCUT2D eigenvalue weighted by Gasteiger charge is -2.31. The largest absolute Gasteiger partial charge is 0.393 e. The molecule has 6 heteroatoms. The van der Waals surface area contributed by atoms with E-state index in [9.17, 15) is 4.79 Å². The number of rotatable bonds is 2. The van der Waals surface area contributed by atoms with E-state index in [1.54, 1.807) is 10.9 Å². The van der Waals surface area contributed by atoms with Crippen molar-refractivity contribution in [2.45, 2.75) is 19.8 Å². The Balaban J connectivity index is 2.04. The molecule has 18 heavy (non-hydrogen) atoms. The zero-order valence-corrected chi connectivity index (χ0v) is 11.5. The highest BCUT2D eigenvalue weighted by Gasteiger charge is 2.26. The van der Waals surface area contributed by atoms with E-state index in [2.05, 4.69) is 5.10 Å². The van der Waals surface area contributed by atoms with Crippen LogP contribution in [-0.2, 0) is 7.05 Å². The minimum Gasteiger partial charge on any atom is -0.393 e. The highest BCUT2D eigenvalue weighted by Crippen LogP contribution is 2.20. The van der Waals surface area contributed by atoms with Gasteiger partial charge in [0.1, 0.15) is 0 Å². The van der Waals surface area contributed by atoms with Crippen LogP contribution in [0.25, 0.3) is 0 Å². The predicted octanol–water partition coefficient (Wildman–Crippen LogP) is 0.867. The number of hydrogen-bond donors (Lipinski definition) is 1. The van der Waals surface area contributed by atoms with Crippen LogP contribution in [-0.4, -0.2) is 38.7 Å². The Morgan fingerprint density at radius 3 is 2.56 bits per heavy atom. The number of carbonyl (C=O) groups excluding carboxylic acids is 1. The van der Waals surface area contributed by atoms with E-state index < -0.39 is 0 Å². The topological polar surface area (TPSA) is 64.2 Å². The third-order valence-corrected chi connectivity index (χ3v) is 3.76. The number of nitrogens with two attached hydrogens (primary N) is 1. The molecule has 1 aliphatic rings. The van der Waals surface area contributed by atoms with Crippen molar-refractivity contribution in [2.75, 3.05) is 13.1 Å². The first kappa shape index (κ1) is 13.0. The molecule has 98 valence electrons. The van der Waals surface area contributed by atoms with Gasteiger partial charge in [-0.05, 0) is 19.8 Å². The molecule has 0 aromatic carbocycles. The maximum Gasteiger partial charge on any atom is 0.257 e. The molecular weight excluding hydrogens is 248 g/mol. The first-order chi connectivity index (χ1) is 8.49. The highest BCUT2D eigenvalue weighted by molar-refractivity contribution is 7.80. The van der Waals surface area contributed by atoms with Gasteiger partial charge in [0.05, 0.1) is 16.2 Å². The minimum absolute atomic E-state index is 0.0574. The van der Waals surface area contributed by atoms with E-state index in [0.717, 1.165) is 31.6 Å². The van der Waals surface area contributed by atoms with E-state index in [1.807, 2.05) is 18.9 Å². The van der Waals surface area contributed by atoms with Gasteiger partial charge >= 0.3 is 0 Å². The number of nitrogens with zero attached hydrogens (tertiary/aromatic N) is 3. The van der Waals surface area contributed by atoms with Crippen molar-refractivity contribution in [3.63, 3.8) is 0 Å². The van der Waals surface area contributed by atoms with Crippen LogP contribution in [0.4, 0.5) is 0 Å². The number of thiocarbonyl (C=S) groups is 1. The van der Waals surface area contributed by atoms with Crippen LogP contribution in [0.1, 0.15) is 28.9 Å². The number of amides is 1. The van der Waals surface area contributed by atoms with E-state index in [1.165, 1.54) is 0 Å². The Bertz CT molecular complexity index is 474. The Kier molecular flexibility index (Phi) is 3.65. The van der Waals surface area contributed by atoms with Crippen molar-refractivity contribution in [1.82, 2.24) is 14.7 Å². The van der Waals surface area contributed by atoms with Gasteiger partial charge in [-0.1, -0.05) is 12.2 Å². The molecule has 1 fully saturated rings. The summed E-state index contributed by atoms with van der Waals surface area (Å²) in [6, 6.07) is 0. The van der Waals surface area contributed by atoms with Crippen LogP contribution in [0.15, 0.2) is 6.20 Å². The molecule has 1 saturated heterocycles. The molecule has 1 amide bonds. The molecule has 1 aromatic heterocycles. The summed E-state index contributed by atoms with van der Waals surface area (Å²) in [6.07, 6.45) is 3.50. The molecule has 0 aliphatic carbocycles. The first-order valence-corrected chi connectivity index (χ1v) is 6.48. The molecule has 1 aromatic rings. The maximum atomic E-state index is 12.3. The molecule has 0 radical (unpaired) electrons. The van der Waals surface area contributed by atoms with Gasteiger partial charge in [0.25, 0.3) is 5.91 Å². The Hall–Kier alpha value is -1.43. The number of hydrogen-bond acceptors (Lipinski definition) is 3. The number of carbonyl (C=O) groups is 1. The van der Waals surface area contributed by atoms with Crippen LogP contribution in [0.3, 0.4) is 0 Å². The molecular formula is C12H18N4OS. The maximum absolute atomic E-state index is 12.3. The van der Waals surface area contributed by atoms with E-state index >= 15 is 0 Å². The minimum atomic E-state index is 0.0574. The van der Waals surface area contributed by atoms with Crippen molar-refractivity contribution in [3.05, 3.63) is 17.5 Å². The average Bonchev–Trinajstić information content (AvgIpc) is 2.67. The van der Waals surface area contributed by atoms with Crippen LogP contribution in [0.2, 0.25) is 0 Å². The number of aromatic nitrogens is 2. The standard InChI is InChI=1S/C12H18N4OS/c1-8-10(7-15(2)14-8)12(17)16-5-3-9(4-6-16)11(13)18/h7,9H,3-6H2,1-2H3,(H2,13,18). The summed E-state index contributed by atoms with van der Waals surface area (Å²) in [6.45, 7) is 3.29. The van der Waals surface area contributed by atoms with Gasteiger partial charge in [-0.15, -0.1) is 0 Å². The fraction of sp³-hybridized carbons (Fsp3) is 0.583. The Labute approximate surface area is 112 Å². The smallest absolute Gasteiger partial charge is 0.257 e. The summed E-state index contributed by atoms with van der Waals surface area (Å²) < 4.78 is 1.67. The van der Waals surface area contributed by atoms with Crippen molar-refractivity contribution in [1.29, 1.82) is 0 Å². The molecule has 2 N–H and O–H groups in total. The zero-order valence-electron chi connectivity index (χ0n) is 10.7. The van der Waals surface area contributed by atoms with Gasteiger partial charge in [-0.25, -0.2) is 0 Å². The highest BCUT2D eigenvalue weighted by atomic mass is 32.1. The fourth-order valence-electron chi connectivity index (χ4n) is 2.35. The monoisotopic (exact) mass is 266 g/mol. The van der Waals surface area contributed by atoms with Gasteiger partial charge in [0, 0.05) is 32.3 Å². The third-order valence-electron chi connectivity index (χ3n) is 3.43. The van der Waals surface area contributed by atoms with Crippen LogP contribution >= 0.6 is 12.2 Å². The van der Waals surface area contributed by atoms with E-state index in [-0.39, 0.29) is 11.8 Å². The summed E-state index contributed by atoms with van der Waals surface area (Å²) in [5.74, 6) is 0.334. The van der Waals surface area contributed by atoms with Crippen molar-refractivity contribution >= 4 is 23.1 Å². The normalized spacial score (nSPS) is 16.9. The summed E-state index contributed by atoms with van der Waals surface area (Å²) in [5.41, 5.74) is 7.11. The van der Waals surface area contributed by atoms with Crippen LogP contribution in [0.5, 0.6) is 0 Å². The van der Waals surface area contributed by atoms with Gasteiger partial charge in [0.15, 0.2) is 0 Å². The summed E-state index contributed by atoms with van der Waals surface area (Å²) in [4.78, 5) is 14.7. The third kappa shape index (κ3) is 2.53. The summed E-state index contributed by atoms with van der Waals surface area (Å²) >= 11 is 5.00. The molecule has 5 nitrogen and oxygen atoms in total. The molecule has 0 atom stereocenters. The van der Waals surface area contributed by atoms with Gasteiger partial charge in [0.2, 0.25) is 0 Å². The lowest BCUT2D eigenvalue weighted by Crippen LogP contribution is -2.41. The van der Waals surface area contributed by atoms with Crippen molar-refractivity contribution in [3.8, 4) is 0 Å². The molecule has 0 saturated carbocycles. The second-order valence-electron chi connectivity index (χ2n) is 4.77. The molecule has 0 spiro atoms. The lowest BCUT2D eigenvalue weighted by molar-refractivity contribution is 0.0709. The summed E-state index contributed by atoms with van der Waals surface area (Å²) in [7, 11) is 1.82. The number of piperidine rings is 1. The Morgan fingerprint density at radius 2 is 2.11 bits per heavy atom. The average molecular weight is 266 g/mol. The second-order valence-corrected chi connectivity index (χ2v) is 5.24. The first-order valence-electron chi connectivity index (χ1n) is 6.08. The summed E-state index contributed by atoms with van der Waals surface area (Å²) in [5, 5.41) is 4.20. The molecule has 1 aliphatic heterocycles. The number of aryl methyl sites for hydroxylation is 2. The van der Waals surface area contributed by atoms with Crippen LogP contribution < -0.4 is 5.73 Å². The van der Waals surface area contributed by atoms with E-state index in [0.29, 0.717) is 10.6 Å².